The molecule has 0 aliphatic carbocycles. The van der Waals surface area contributed by atoms with E-state index in [1.54, 1.807) is 14.2 Å². The second kappa shape index (κ2) is 9.70. The standard InChI is InChI=1S/C6H7N.C5H14O2Si/c7-6-4-2-1-3-5-6;1-4-5-8(6-2)7-3/h1-5H,7H2;8H,4-5H2,1-3H3. The molecule has 0 unspecified atom stereocenters. The molecule has 1 rings (SSSR count). The lowest BCUT2D eigenvalue weighted by atomic mass is 10.3. The Bertz CT molecular complexity index is 227. The smallest absolute Gasteiger partial charge is 0.320 e. The molecule has 0 radical (unpaired) electrons. The van der Waals surface area contributed by atoms with Crippen LogP contribution >= 0.6 is 0 Å². The predicted octanol–water partition coefficient (Wildman–Crippen LogP) is 2.18. The molecule has 0 amide bonds. The molecule has 86 valence electrons. The number of rotatable bonds is 4. The van der Waals surface area contributed by atoms with Gasteiger partial charge in [-0.1, -0.05) is 31.5 Å². The molecule has 0 aliphatic heterocycles. The fourth-order valence-electron chi connectivity index (χ4n) is 1.02. The van der Waals surface area contributed by atoms with Crippen molar-refractivity contribution in [3.8, 4) is 0 Å². The van der Waals surface area contributed by atoms with Crippen LogP contribution in [0.15, 0.2) is 30.3 Å². The number of hydrogen-bond acceptors (Lipinski definition) is 3. The van der Waals surface area contributed by atoms with E-state index in [2.05, 4.69) is 6.92 Å². The van der Waals surface area contributed by atoms with E-state index in [1.807, 2.05) is 30.3 Å². The molecule has 0 atom stereocenters. The van der Waals surface area contributed by atoms with Gasteiger partial charge in [0.15, 0.2) is 0 Å². The Balaban J connectivity index is 0.000000262. The molecule has 2 N–H and O–H groups in total. The van der Waals surface area contributed by atoms with Crippen LogP contribution in [0.5, 0.6) is 0 Å². The molecule has 1 aromatic carbocycles. The first-order valence-electron chi connectivity index (χ1n) is 5.10. The van der Waals surface area contributed by atoms with Crippen molar-refractivity contribution in [1.82, 2.24) is 0 Å². The Morgan fingerprint density at radius 2 is 1.67 bits per heavy atom. The number of para-hydroxylation sites is 1. The number of benzene rings is 1. The van der Waals surface area contributed by atoms with Crippen LogP contribution in [0.25, 0.3) is 0 Å². The summed E-state index contributed by atoms with van der Waals surface area (Å²) in [6, 6.07) is 10.6. The molecule has 0 fully saturated rings. The Kier molecular flexibility index (Phi) is 9.16. The van der Waals surface area contributed by atoms with E-state index in [0.29, 0.717) is 0 Å². The molecular weight excluding hydrogens is 206 g/mol. The Labute approximate surface area is 94.1 Å². The minimum absolute atomic E-state index is 0.822. The molecule has 0 aliphatic rings. The summed E-state index contributed by atoms with van der Waals surface area (Å²) in [5.74, 6) is 0. The van der Waals surface area contributed by atoms with Crippen LogP contribution in [0.4, 0.5) is 5.69 Å². The highest BCUT2D eigenvalue weighted by atomic mass is 28.3. The third kappa shape index (κ3) is 8.17. The van der Waals surface area contributed by atoms with Crippen molar-refractivity contribution in [3.63, 3.8) is 0 Å². The molecule has 0 aromatic heterocycles. The van der Waals surface area contributed by atoms with Gasteiger partial charge in [0.25, 0.3) is 0 Å². The van der Waals surface area contributed by atoms with Crippen molar-refractivity contribution in [2.75, 3.05) is 20.0 Å². The van der Waals surface area contributed by atoms with Crippen molar-refractivity contribution in [2.24, 2.45) is 0 Å². The lowest BCUT2D eigenvalue weighted by molar-refractivity contribution is 0.277. The van der Waals surface area contributed by atoms with Gasteiger partial charge in [0, 0.05) is 19.9 Å². The summed E-state index contributed by atoms with van der Waals surface area (Å²) in [7, 11) is 2.24. The van der Waals surface area contributed by atoms with E-state index >= 15 is 0 Å². The van der Waals surface area contributed by atoms with Crippen LogP contribution in [0.1, 0.15) is 13.3 Å². The maximum Gasteiger partial charge on any atom is 0.320 e. The first-order chi connectivity index (χ1) is 7.24. The van der Waals surface area contributed by atoms with E-state index in [0.717, 1.165) is 11.7 Å². The van der Waals surface area contributed by atoms with E-state index in [-0.39, 0.29) is 0 Å². The minimum atomic E-state index is -1.19. The summed E-state index contributed by atoms with van der Waals surface area (Å²) in [4.78, 5) is 0. The van der Waals surface area contributed by atoms with Crippen molar-refractivity contribution < 1.29 is 8.85 Å². The zero-order chi connectivity index (χ0) is 11.5. The van der Waals surface area contributed by atoms with Crippen LogP contribution in [-0.4, -0.2) is 23.5 Å². The van der Waals surface area contributed by atoms with Gasteiger partial charge >= 0.3 is 9.28 Å². The second-order valence-electron chi connectivity index (χ2n) is 3.10. The quantitative estimate of drug-likeness (QED) is 0.633. The Hall–Kier alpha value is -0.843. The zero-order valence-corrected chi connectivity index (χ0v) is 10.9. The van der Waals surface area contributed by atoms with Gasteiger partial charge < -0.3 is 14.6 Å². The highest BCUT2D eigenvalue weighted by molar-refractivity contribution is 6.44. The molecule has 15 heavy (non-hydrogen) atoms. The molecule has 0 heterocycles. The molecule has 1 aromatic rings. The third-order valence-corrected chi connectivity index (χ3v) is 3.95. The summed E-state index contributed by atoms with van der Waals surface area (Å²) >= 11 is 0. The molecule has 0 spiro atoms. The predicted molar refractivity (Wildman–Crippen MR) is 67.1 cm³/mol. The van der Waals surface area contributed by atoms with Gasteiger partial charge in [0.2, 0.25) is 0 Å². The van der Waals surface area contributed by atoms with Gasteiger partial charge in [-0.25, -0.2) is 0 Å². The molecule has 0 saturated heterocycles. The second-order valence-corrected chi connectivity index (χ2v) is 5.48. The lowest BCUT2D eigenvalue weighted by Crippen LogP contribution is -2.17. The SMILES string of the molecule is CCC[SiH](OC)OC.Nc1ccccc1. The monoisotopic (exact) mass is 227 g/mol. The summed E-state index contributed by atoms with van der Waals surface area (Å²) < 4.78 is 10.1. The van der Waals surface area contributed by atoms with E-state index in [9.17, 15) is 0 Å². The first kappa shape index (κ1) is 14.2. The molecule has 3 nitrogen and oxygen atoms in total. The van der Waals surface area contributed by atoms with Crippen LogP contribution in [-0.2, 0) is 8.85 Å². The average molecular weight is 227 g/mol. The summed E-state index contributed by atoms with van der Waals surface area (Å²) in [5, 5.41) is 0. The van der Waals surface area contributed by atoms with Crippen LogP contribution in [0.2, 0.25) is 6.04 Å². The maximum absolute atomic E-state index is 5.36. The normalized spacial score (nSPS) is 9.60. The molecule has 0 bridgehead atoms. The molecular formula is C11H21NO2Si. The number of hydrogen-bond donors (Lipinski definition) is 1. The molecule has 4 heteroatoms. The molecule has 0 saturated carbocycles. The topological polar surface area (TPSA) is 44.5 Å². The van der Waals surface area contributed by atoms with Crippen LogP contribution in [0.3, 0.4) is 0 Å². The highest BCUT2D eigenvalue weighted by Crippen LogP contribution is 1.96. The van der Waals surface area contributed by atoms with Gasteiger partial charge in [0.05, 0.1) is 0 Å². The first-order valence-corrected chi connectivity index (χ1v) is 6.86. The van der Waals surface area contributed by atoms with Crippen LogP contribution in [0, 0.1) is 0 Å². The number of anilines is 1. The van der Waals surface area contributed by atoms with Crippen molar-refractivity contribution >= 4 is 15.0 Å². The number of nitrogen functional groups attached to an aromatic ring is 1. The zero-order valence-electron chi connectivity index (χ0n) is 9.77. The Morgan fingerprint density at radius 1 is 1.13 bits per heavy atom. The minimum Gasteiger partial charge on any atom is -0.400 e. The van der Waals surface area contributed by atoms with E-state index < -0.39 is 9.28 Å². The van der Waals surface area contributed by atoms with Crippen molar-refractivity contribution in [2.45, 2.75) is 19.4 Å². The lowest BCUT2D eigenvalue weighted by Gasteiger charge is -2.07. The fraction of sp³-hybridized carbons (Fsp3) is 0.455. The Morgan fingerprint density at radius 3 is 1.87 bits per heavy atom. The third-order valence-electron chi connectivity index (χ3n) is 1.85. The summed E-state index contributed by atoms with van der Waals surface area (Å²) in [6.07, 6.45) is 1.17. The van der Waals surface area contributed by atoms with Gasteiger partial charge in [-0.2, -0.15) is 0 Å². The van der Waals surface area contributed by atoms with Gasteiger partial charge in [-0.05, 0) is 18.2 Å². The van der Waals surface area contributed by atoms with Gasteiger partial charge in [-0.3, -0.25) is 0 Å². The average Bonchev–Trinajstić information content (AvgIpc) is 2.28. The van der Waals surface area contributed by atoms with Gasteiger partial charge in [0.1, 0.15) is 0 Å². The summed E-state index contributed by atoms with van der Waals surface area (Å²) in [5.41, 5.74) is 6.18. The van der Waals surface area contributed by atoms with E-state index in [4.69, 9.17) is 14.6 Å². The van der Waals surface area contributed by atoms with Gasteiger partial charge in [-0.15, -0.1) is 0 Å². The van der Waals surface area contributed by atoms with E-state index in [1.165, 1.54) is 6.42 Å². The maximum atomic E-state index is 5.36. The van der Waals surface area contributed by atoms with Crippen molar-refractivity contribution in [1.29, 1.82) is 0 Å². The number of nitrogens with two attached hydrogens (primary N) is 1. The summed E-state index contributed by atoms with van der Waals surface area (Å²) in [6.45, 7) is 2.14. The largest absolute Gasteiger partial charge is 0.400 e. The fourth-order valence-corrected chi connectivity index (χ4v) is 2.16. The highest BCUT2D eigenvalue weighted by Gasteiger charge is 2.05. The van der Waals surface area contributed by atoms with Crippen molar-refractivity contribution in [3.05, 3.63) is 30.3 Å². The van der Waals surface area contributed by atoms with Crippen LogP contribution < -0.4 is 5.73 Å².